The molecule has 2 aromatic carbocycles. The van der Waals surface area contributed by atoms with Crippen molar-refractivity contribution in [2.24, 2.45) is 0 Å². The van der Waals surface area contributed by atoms with E-state index in [1.165, 1.54) is 12.1 Å². The topological polar surface area (TPSA) is 124 Å². The number of aldehydes is 1. The molecule has 174 valence electrons. The highest BCUT2D eigenvalue weighted by Gasteiger charge is 2.34. The number of hydrogen-bond donors (Lipinski definition) is 1. The van der Waals surface area contributed by atoms with E-state index in [-0.39, 0.29) is 41.2 Å². The molecule has 1 aliphatic heterocycles. The Bertz CT molecular complexity index is 1220. The fourth-order valence-electron chi connectivity index (χ4n) is 3.63. The predicted molar refractivity (Wildman–Crippen MR) is 119 cm³/mol. The summed E-state index contributed by atoms with van der Waals surface area (Å²) in [6, 6.07) is 6.07. The molecule has 0 unspecified atom stereocenters. The summed E-state index contributed by atoms with van der Waals surface area (Å²) in [5.41, 5.74) is 2.39. The van der Waals surface area contributed by atoms with Gasteiger partial charge in [-0.25, -0.2) is 4.79 Å². The highest BCUT2D eigenvalue weighted by Crippen LogP contribution is 2.40. The molecule has 33 heavy (non-hydrogen) atoms. The first-order valence-electron chi connectivity index (χ1n) is 10.3. The molecule has 0 spiro atoms. The monoisotopic (exact) mass is 472 g/mol. The quantitative estimate of drug-likeness (QED) is 0.239. The standard InChI is InChI=1S/C24H24O8S/c1-15-9-11-17(12-10-15)33(29,30)32-23-18(7-5-3-4-6-8-21(26)27)19(13-25)16(2)20-14-31-24(28)22(20)23/h3-4,9-13H,5-8,14H2,1-2H3,(H,26,27)/b4-3+. The summed E-state index contributed by atoms with van der Waals surface area (Å²) in [5.74, 6) is -1.81. The van der Waals surface area contributed by atoms with Crippen LogP contribution in [0.2, 0.25) is 0 Å². The molecule has 9 heteroatoms. The first-order valence-corrected chi connectivity index (χ1v) is 11.7. The van der Waals surface area contributed by atoms with Crippen molar-refractivity contribution in [1.29, 1.82) is 0 Å². The number of fused-ring (bicyclic) bond motifs is 1. The van der Waals surface area contributed by atoms with Crippen LogP contribution in [-0.4, -0.2) is 31.7 Å². The number of hydrogen-bond acceptors (Lipinski definition) is 7. The van der Waals surface area contributed by atoms with Gasteiger partial charge in [0.05, 0.1) is 0 Å². The van der Waals surface area contributed by atoms with Crippen LogP contribution < -0.4 is 4.18 Å². The predicted octanol–water partition coefficient (Wildman–Crippen LogP) is 3.91. The molecule has 0 fully saturated rings. The molecular weight excluding hydrogens is 448 g/mol. The van der Waals surface area contributed by atoms with Gasteiger partial charge in [-0.1, -0.05) is 29.8 Å². The smallest absolute Gasteiger partial charge is 0.342 e. The zero-order chi connectivity index (χ0) is 24.2. The number of benzene rings is 2. The van der Waals surface area contributed by atoms with Crippen LogP contribution in [0.25, 0.3) is 0 Å². The second kappa shape index (κ2) is 9.99. The first-order chi connectivity index (χ1) is 15.7. The normalized spacial score (nSPS) is 13.1. The van der Waals surface area contributed by atoms with E-state index >= 15 is 0 Å². The van der Waals surface area contributed by atoms with E-state index in [2.05, 4.69) is 0 Å². The Hall–Kier alpha value is -3.46. The molecule has 0 aromatic heterocycles. The molecule has 0 radical (unpaired) electrons. The van der Waals surface area contributed by atoms with Crippen LogP contribution >= 0.6 is 0 Å². The summed E-state index contributed by atoms with van der Waals surface area (Å²) in [5, 5.41) is 8.73. The van der Waals surface area contributed by atoms with E-state index in [1.54, 1.807) is 31.2 Å². The number of aliphatic carboxylic acids is 1. The number of carboxylic acids is 1. The van der Waals surface area contributed by atoms with Gasteiger partial charge in [-0.05, 0) is 50.8 Å². The average Bonchev–Trinajstić information content (AvgIpc) is 3.15. The van der Waals surface area contributed by atoms with Crippen molar-refractivity contribution in [3.05, 3.63) is 69.8 Å². The lowest BCUT2D eigenvalue weighted by Gasteiger charge is -2.18. The number of esters is 1. The van der Waals surface area contributed by atoms with Crippen LogP contribution in [0.15, 0.2) is 41.3 Å². The van der Waals surface area contributed by atoms with Gasteiger partial charge in [-0.15, -0.1) is 0 Å². The molecule has 3 rings (SSSR count). The van der Waals surface area contributed by atoms with Gasteiger partial charge >= 0.3 is 22.1 Å². The fraction of sp³-hybridized carbons (Fsp3) is 0.292. The Morgan fingerprint density at radius 2 is 1.82 bits per heavy atom. The van der Waals surface area contributed by atoms with E-state index in [0.717, 1.165) is 5.56 Å². The second-order valence-corrected chi connectivity index (χ2v) is 9.23. The third-order valence-corrected chi connectivity index (χ3v) is 6.65. The Labute approximate surface area is 192 Å². The van der Waals surface area contributed by atoms with Crippen molar-refractivity contribution in [3.63, 3.8) is 0 Å². The lowest BCUT2D eigenvalue weighted by molar-refractivity contribution is -0.136. The van der Waals surface area contributed by atoms with Crippen molar-refractivity contribution < 1.29 is 36.8 Å². The number of rotatable bonds is 10. The zero-order valence-electron chi connectivity index (χ0n) is 18.3. The minimum atomic E-state index is -4.29. The van der Waals surface area contributed by atoms with Gasteiger partial charge in [-0.3, -0.25) is 9.59 Å². The van der Waals surface area contributed by atoms with Crippen LogP contribution in [0, 0.1) is 13.8 Å². The summed E-state index contributed by atoms with van der Waals surface area (Å²) in [6.45, 7) is 3.42. The van der Waals surface area contributed by atoms with Gasteiger partial charge < -0.3 is 14.0 Å². The molecule has 1 N–H and O–H groups in total. The number of cyclic esters (lactones) is 1. The molecule has 0 bridgehead atoms. The number of carbonyl (C=O) groups is 3. The highest BCUT2D eigenvalue weighted by atomic mass is 32.2. The lowest BCUT2D eigenvalue weighted by atomic mass is 9.90. The maximum Gasteiger partial charge on any atom is 0.342 e. The first kappa shape index (κ1) is 24.2. The molecule has 0 saturated carbocycles. The summed E-state index contributed by atoms with van der Waals surface area (Å²) in [6.07, 6.45) is 4.99. The van der Waals surface area contributed by atoms with Crippen molar-refractivity contribution in [3.8, 4) is 5.75 Å². The molecular formula is C24H24O8S. The fourth-order valence-corrected chi connectivity index (χ4v) is 4.59. The van der Waals surface area contributed by atoms with E-state index < -0.39 is 22.1 Å². The van der Waals surface area contributed by atoms with Crippen LogP contribution in [-0.2, 0) is 32.7 Å². The molecule has 0 amide bonds. The SMILES string of the molecule is Cc1ccc(S(=O)(=O)Oc2c(CC/C=C/CCC(=O)O)c(C=O)c(C)c3c2C(=O)OC3)cc1. The maximum atomic E-state index is 13.0. The molecule has 8 nitrogen and oxygen atoms in total. The van der Waals surface area contributed by atoms with Crippen molar-refractivity contribution in [1.82, 2.24) is 0 Å². The van der Waals surface area contributed by atoms with E-state index in [1.807, 2.05) is 6.92 Å². The van der Waals surface area contributed by atoms with Gasteiger partial charge in [0, 0.05) is 23.1 Å². The van der Waals surface area contributed by atoms with Crippen molar-refractivity contribution in [2.75, 3.05) is 0 Å². The van der Waals surface area contributed by atoms with Crippen LogP contribution in [0.3, 0.4) is 0 Å². The Morgan fingerprint density at radius 1 is 1.15 bits per heavy atom. The summed E-state index contributed by atoms with van der Waals surface area (Å²) < 4.78 is 36.6. The Kier molecular flexibility index (Phi) is 7.33. The van der Waals surface area contributed by atoms with Crippen LogP contribution in [0.4, 0.5) is 0 Å². The van der Waals surface area contributed by atoms with E-state index in [4.69, 9.17) is 14.0 Å². The average molecular weight is 473 g/mol. The largest absolute Gasteiger partial charge is 0.481 e. The van der Waals surface area contributed by atoms with Gasteiger partial charge in [-0.2, -0.15) is 8.42 Å². The molecule has 0 saturated heterocycles. The third kappa shape index (κ3) is 5.31. The number of allylic oxidation sites excluding steroid dienone is 2. The Balaban J connectivity index is 2.04. The minimum Gasteiger partial charge on any atom is -0.481 e. The van der Waals surface area contributed by atoms with Gasteiger partial charge in [0.2, 0.25) is 0 Å². The molecule has 0 atom stereocenters. The van der Waals surface area contributed by atoms with Crippen LogP contribution in [0.5, 0.6) is 5.75 Å². The summed E-state index contributed by atoms with van der Waals surface area (Å²) in [4.78, 5) is 35.0. The van der Waals surface area contributed by atoms with Crippen molar-refractivity contribution in [2.45, 2.75) is 51.0 Å². The molecule has 1 aliphatic rings. The zero-order valence-corrected chi connectivity index (χ0v) is 19.1. The molecule has 1 heterocycles. The lowest BCUT2D eigenvalue weighted by Crippen LogP contribution is -2.16. The number of carboxylic acid groups (broad SMARTS) is 1. The van der Waals surface area contributed by atoms with E-state index in [0.29, 0.717) is 35.8 Å². The van der Waals surface area contributed by atoms with Crippen LogP contribution in [0.1, 0.15) is 62.2 Å². The number of carbonyl (C=O) groups excluding carboxylic acids is 2. The molecule has 0 aliphatic carbocycles. The number of aryl methyl sites for hydroxylation is 1. The van der Waals surface area contributed by atoms with Gasteiger partial charge in [0.1, 0.15) is 17.1 Å². The summed E-state index contributed by atoms with van der Waals surface area (Å²) in [7, 11) is -4.29. The third-order valence-electron chi connectivity index (χ3n) is 5.41. The molecule has 2 aromatic rings. The van der Waals surface area contributed by atoms with E-state index in [9.17, 15) is 22.8 Å². The van der Waals surface area contributed by atoms with Gasteiger partial charge in [0.25, 0.3) is 0 Å². The summed E-state index contributed by atoms with van der Waals surface area (Å²) >= 11 is 0. The highest BCUT2D eigenvalue weighted by molar-refractivity contribution is 7.87. The maximum absolute atomic E-state index is 13.0. The number of ether oxygens (including phenoxy) is 1. The van der Waals surface area contributed by atoms with Crippen molar-refractivity contribution >= 4 is 28.3 Å². The Morgan fingerprint density at radius 3 is 2.45 bits per heavy atom. The van der Waals surface area contributed by atoms with Gasteiger partial charge in [0.15, 0.2) is 12.0 Å². The minimum absolute atomic E-state index is 0.0109. The second-order valence-electron chi connectivity index (χ2n) is 7.69.